The summed E-state index contributed by atoms with van der Waals surface area (Å²) in [5, 5.41) is 4.80. The van der Waals surface area contributed by atoms with Crippen LogP contribution in [0.4, 0.5) is 0 Å². The second kappa shape index (κ2) is 11.3. The van der Waals surface area contributed by atoms with Gasteiger partial charge >= 0.3 is 10.3 Å². The molecule has 0 saturated carbocycles. The van der Waals surface area contributed by atoms with Crippen molar-refractivity contribution < 1.29 is 17.3 Å². The number of hydrogen-bond donors (Lipinski definition) is 1. The van der Waals surface area contributed by atoms with Gasteiger partial charge in [-0.15, -0.1) is 0 Å². The van der Waals surface area contributed by atoms with E-state index in [9.17, 15) is 8.42 Å². The average Bonchev–Trinajstić information content (AvgIpc) is 2.49. The molecule has 0 atom stereocenters. The van der Waals surface area contributed by atoms with Crippen LogP contribution >= 0.6 is 0 Å². The van der Waals surface area contributed by atoms with Gasteiger partial charge < -0.3 is 8.92 Å². The number of unbranched alkanes of at least 4 members (excludes halogenated alkanes) is 8. The van der Waals surface area contributed by atoms with E-state index in [1.807, 2.05) is 0 Å². The van der Waals surface area contributed by atoms with Gasteiger partial charge in [0.05, 0.1) is 6.61 Å². The molecule has 6 heteroatoms. The van der Waals surface area contributed by atoms with Gasteiger partial charge in [0.2, 0.25) is 0 Å². The number of rotatable bonds is 13. The zero-order valence-electron chi connectivity index (χ0n) is 14.0. The van der Waals surface area contributed by atoms with E-state index in [2.05, 4.69) is 11.1 Å². The van der Waals surface area contributed by atoms with Crippen LogP contribution in [-0.4, -0.2) is 15.0 Å². The van der Waals surface area contributed by atoms with Gasteiger partial charge in [0, 0.05) is 0 Å². The lowest BCUT2D eigenvalue weighted by Crippen LogP contribution is -2.18. The minimum atomic E-state index is -3.97. The Labute approximate surface area is 140 Å². The third kappa shape index (κ3) is 11.0. The van der Waals surface area contributed by atoms with Crippen LogP contribution in [0.15, 0.2) is 24.3 Å². The van der Waals surface area contributed by atoms with Crippen molar-refractivity contribution in [2.45, 2.75) is 64.7 Å². The molecule has 0 spiro atoms. The van der Waals surface area contributed by atoms with Crippen molar-refractivity contribution in [2.75, 3.05) is 6.61 Å². The van der Waals surface area contributed by atoms with Crippen molar-refractivity contribution >= 4 is 10.3 Å². The van der Waals surface area contributed by atoms with Crippen LogP contribution in [0.25, 0.3) is 0 Å². The Kier molecular flexibility index (Phi) is 9.71. The zero-order valence-corrected chi connectivity index (χ0v) is 14.8. The van der Waals surface area contributed by atoms with Crippen LogP contribution in [0.5, 0.6) is 11.5 Å². The SMILES string of the molecule is CCCCCCCCCCCOc1ccc(OS(N)(=O)=O)cc1. The lowest BCUT2D eigenvalue weighted by molar-refractivity contribution is 0.304. The summed E-state index contributed by atoms with van der Waals surface area (Å²) in [6.07, 6.45) is 11.5. The Balaban J connectivity index is 2.05. The van der Waals surface area contributed by atoms with E-state index in [1.54, 1.807) is 12.1 Å². The summed E-state index contributed by atoms with van der Waals surface area (Å²) in [4.78, 5) is 0. The molecule has 23 heavy (non-hydrogen) atoms. The summed E-state index contributed by atoms with van der Waals surface area (Å²) in [5.74, 6) is 0.884. The molecule has 0 fully saturated rings. The van der Waals surface area contributed by atoms with Gasteiger partial charge in [-0.1, -0.05) is 58.3 Å². The summed E-state index contributed by atoms with van der Waals surface area (Å²) in [5.41, 5.74) is 0. The molecule has 0 radical (unpaired) electrons. The Morgan fingerprint density at radius 2 is 1.30 bits per heavy atom. The largest absolute Gasteiger partial charge is 0.494 e. The first kappa shape index (κ1) is 19.8. The Morgan fingerprint density at radius 3 is 1.83 bits per heavy atom. The fourth-order valence-electron chi connectivity index (χ4n) is 2.33. The van der Waals surface area contributed by atoms with Gasteiger partial charge in [-0.3, -0.25) is 0 Å². The molecule has 1 aromatic carbocycles. The highest BCUT2D eigenvalue weighted by Gasteiger charge is 2.04. The van der Waals surface area contributed by atoms with Gasteiger partial charge in [-0.25, -0.2) is 0 Å². The summed E-state index contributed by atoms with van der Waals surface area (Å²) in [7, 11) is -3.97. The van der Waals surface area contributed by atoms with Gasteiger partial charge in [-0.2, -0.15) is 13.6 Å². The van der Waals surface area contributed by atoms with Gasteiger partial charge in [0.15, 0.2) is 0 Å². The number of ether oxygens (including phenoxy) is 1. The van der Waals surface area contributed by atoms with Crippen molar-refractivity contribution in [3.63, 3.8) is 0 Å². The van der Waals surface area contributed by atoms with Crippen LogP contribution in [0, 0.1) is 0 Å². The maximum atomic E-state index is 10.8. The molecular weight excluding hydrogens is 314 g/mol. The maximum Gasteiger partial charge on any atom is 0.380 e. The van der Waals surface area contributed by atoms with Crippen molar-refractivity contribution in [1.29, 1.82) is 0 Å². The molecule has 0 aliphatic rings. The molecule has 2 N–H and O–H groups in total. The quantitative estimate of drug-likeness (QED) is 0.545. The van der Waals surface area contributed by atoms with Crippen LogP contribution in [0.2, 0.25) is 0 Å². The van der Waals surface area contributed by atoms with E-state index in [1.165, 1.54) is 63.5 Å². The maximum absolute atomic E-state index is 10.8. The van der Waals surface area contributed by atoms with E-state index < -0.39 is 10.3 Å². The smallest absolute Gasteiger partial charge is 0.380 e. The van der Waals surface area contributed by atoms with E-state index in [0.717, 1.165) is 6.42 Å². The summed E-state index contributed by atoms with van der Waals surface area (Å²) in [6, 6.07) is 6.40. The van der Waals surface area contributed by atoms with Crippen LogP contribution < -0.4 is 14.1 Å². The molecule has 0 heterocycles. The van der Waals surface area contributed by atoms with Crippen molar-refractivity contribution in [3.05, 3.63) is 24.3 Å². The van der Waals surface area contributed by atoms with Crippen molar-refractivity contribution in [2.24, 2.45) is 5.14 Å². The molecule has 0 amide bonds. The highest BCUT2D eigenvalue weighted by Crippen LogP contribution is 2.18. The average molecular weight is 343 g/mol. The highest BCUT2D eigenvalue weighted by atomic mass is 32.2. The Morgan fingerprint density at radius 1 is 0.826 bits per heavy atom. The predicted octanol–water partition coefficient (Wildman–Crippen LogP) is 4.18. The Hall–Kier alpha value is -1.27. The van der Waals surface area contributed by atoms with Crippen LogP contribution in [-0.2, 0) is 10.3 Å². The number of benzene rings is 1. The molecule has 1 rings (SSSR count). The number of hydrogen-bond acceptors (Lipinski definition) is 4. The molecule has 0 aliphatic carbocycles. The molecule has 0 saturated heterocycles. The lowest BCUT2D eigenvalue weighted by atomic mass is 10.1. The van der Waals surface area contributed by atoms with Crippen LogP contribution in [0.1, 0.15) is 64.7 Å². The molecule has 0 unspecified atom stereocenters. The monoisotopic (exact) mass is 343 g/mol. The Bertz CT molecular complexity index is 514. The topological polar surface area (TPSA) is 78.6 Å². The summed E-state index contributed by atoms with van der Waals surface area (Å²) < 4.78 is 31.7. The van der Waals surface area contributed by atoms with Crippen LogP contribution in [0.3, 0.4) is 0 Å². The zero-order chi connectivity index (χ0) is 17.0. The first-order chi connectivity index (χ1) is 11.0. The highest BCUT2D eigenvalue weighted by molar-refractivity contribution is 7.84. The van der Waals surface area contributed by atoms with Gasteiger partial charge in [0.1, 0.15) is 11.5 Å². The van der Waals surface area contributed by atoms with E-state index in [0.29, 0.717) is 12.4 Å². The third-order valence-electron chi connectivity index (χ3n) is 3.55. The van der Waals surface area contributed by atoms with Gasteiger partial charge in [0.25, 0.3) is 0 Å². The first-order valence-corrected chi connectivity index (χ1v) is 9.93. The second-order valence-corrected chi connectivity index (χ2v) is 6.88. The van der Waals surface area contributed by atoms with E-state index in [4.69, 9.17) is 9.88 Å². The minimum Gasteiger partial charge on any atom is -0.494 e. The fraction of sp³-hybridized carbons (Fsp3) is 0.647. The second-order valence-electron chi connectivity index (χ2n) is 5.72. The predicted molar refractivity (Wildman–Crippen MR) is 92.9 cm³/mol. The number of nitrogens with two attached hydrogens (primary N) is 1. The minimum absolute atomic E-state index is 0.183. The normalized spacial score (nSPS) is 11.4. The van der Waals surface area contributed by atoms with Gasteiger partial charge in [-0.05, 0) is 30.7 Å². The standard InChI is InChI=1S/C17H29NO4S/c1-2-3-4-5-6-7-8-9-10-15-21-16-11-13-17(14-12-16)22-23(18,19)20/h11-14H,2-10,15H2,1H3,(H2,18,19,20). The van der Waals surface area contributed by atoms with E-state index in [-0.39, 0.29) is 5.75 Å². The van der Waals surface area contributed by atoms with Crippen molar-refractivity contribution in [1.82, 2.24) is 0 Å². The summed E-state index contributed by atoms with van der Waals surface area (Å²) in [6.45, 7) is 2.91. The third-order valence-corrected chi connectivity index (χ3v) is 3.98. The van der Waals surface area contributed by atoms with Crippen molar-refractivity contribution in [3.8, 4) is 11.5 Å². The lowest BCUT2D eigenvalue weighted by Gasteiger charge is -2.07. The molecule has 1 aromatic rings. The molecule has 132 valence electrons. The molecular formula is C17H29NO4S. The molecule has 0 aliphatic heterocycles. The summed E-state index contributed by atoms with van der Waals surface area (Å²) >= 11 is 0. The molecule has 0 bridgehead atoms. The molecule has 0 aromatic heterocycles. The van der Waals surface area contributed by atoms with E-state index >= 15 is 0 Å². The molecule has 5 nitrogen and oxygen atoms in total. The fourth-order valence-corrected chi connectivity index (χ4v) is 2.71. The first-order valence-electron chi connectivity index (χ1n) is 8.46.